The number of ether oxygens (including phenoxy) is 6. The van der Waals surface area contributed by atoms with Gasteiger partial charge in [-0.15, -0.1) is 0 Å². The lowest BCUT2D eigenvalue weighted by atomic mass is 10.1. The third-order valence-corrected chi connectivity index (χ3v) is 6.00. The van der Waals surface area contributed by atoms with Crippen LogP contribution < -0.4 is 4.74 Å². The molecule has 0 unspecified atom stereocenters. The van der Waals surface area contributed by atoms with Crippen LogP contribution in [0.25, 0.3) is 0 Å². The molecule has 0 amide bonds. The number of hydrogen-bond acceptors (Lipinski definition) is 10. The van der Waals surface area contributed by atoms with Gasteiger partial charge in [0.15, 0.2) is 18.5 Å². The molecule has 0 spiro atoms. The van der Waals surface area contributed by atoms with Crippen LogP contribution in [-0.4, -0.2) is 62.3 Å². The van der Waals surface area contributed by atoms with Gasteiger partial charge in [0.05, 0.1) is 37.4 Å². The molecule has 11 heteroatoms. The molecule has 1 aliphatic heterocycles. The molecule has 0 aromatic heterocycles. The molecule has 1 heterocycles. The molecule has 11 nitrogen and oxygen atoms in total. The number of esters is 2. The van der Waals surface area contributed by atoms with E-state index in [1.54, 1.807) is 37.5 Å². The average Bonchev–Trinajstić information content (AvgIpc) is 2.96. The van der Waals surface area contributed by atoms with E-state index in [1.165, 1.54) is 37.5 Å². The van der Waals surface area contributed by atoms with Crippen molar-refractivity contribution in [3.63, 3.8) is 0 Å². The Labute approximate surface area is 226 Å². The Hall–Kier alpha value is -3.80. The first kappa shape index (κ1) is 29.8. The van der Waals surface area contributed by atoms with Crippen molar-refractivity contribution in [3.05, 3.63) is 81.9 Å². The molecule has 0 radical (unpaired) electrons. The smallest absolute Gasteiger partial charge is 0.339 e. The van der Waals surface area contributed by atoms with Gasteiger partial charge in [-0.05, 0) is 62.1 Å². The molecule has 4 atom stereocenters. The van der Waals surface area contributed by atoms with Gasteiger partial charge in [-0.3, -0.25) is 10.1 Å². The van der Waals surface area contributed by atoms with Gasteiger partial charge in [0, 0.05) is 18.7 Å². The number of benzene rings is 2. The predicted molar refractivity (Wildman–Crippen MR) is 139 cm³/mol. The highest BCUT2D eigenvalue weighted by molar-refractivity contribution is 5.90. The maximum Gasteiger partial charge on any atom is 0.339 e. The van der Waals surface area contributed by atoms with Crippen LogP contribution in [0.5, 0.6) is 5.75 Å². The third kappa shape index (κ3) is 8.88. The highest BCUT2D eigenvalue weighted by Crippen LogP contribution is 2.23. The van der Waals surface area contributed by atoms with Crippen molar-refractivity contribution in [1.82, 2.24) is 0 Å². The molecule has 210 valence electrons. The standard InChI is InChI=1S/C28H33NO10/c1-4-36-25-7-5-6-23(38-25)16-17-24(39-27(30)20-10-12-21(13-11-20)29(32)33)26(28(31)35-3)37-18-19-8-14-22(34-2)15-9-19/h8-17,23-26H,4-7,18H2,1-3H3/b17-16+/t23-,24-,25+,26+/m0/s1. The minimum Gasteiger partial charge on any atom is -0.497 e. The number of nitro benzene ring substituents is 1. The SMILES string of the molecule is CCO[C@H]1CCC[C@@H](/C=C/[C@H](OC(=O)c2ccc([N+](=O)[O-])cc2)[C@@H](OCc2ccc(OC)cc2)C(=O)OC)O1. The van der Waals surface area contributed by atoms with Crippen molar-refractivity contribution in [2.75, 3.05) is 20.8 Å². The number of nitro groups is 1. The summed E-state index contributed by atoms with van der Waals surface area (Å²) < 4.78 is 33.2. The fraction of sp³-hybridized carbons (Fsp3) is 0.429. The second-order valence-corrected chi connectivity index (χ2v) is 8.65. The van der Waals surface area contributed by atoms with Crippen molar-refractivity contribution in [2.45, 2.75) is 57.4 Å². The van der Waals surface area contributed by atoms with Crippen molar-refractivity contribution < 1.29 is 42.9 Å². The highest BCUT2D eigenvalue weighted by Gasteiger charge is 2.33. The lowest BCUT2D eigenvalue weighted by molar-refractivity contribution is -0.384. The van der Waals surface area contributed by atoms with E-state index in [0.29, 0.717) is 12.4 Å². The van der Waals surface area contributed by atoms with Gasteiger partial charge < -0.3 is 28.4 Å². The number of hydrogen-bond donors (Lipinski definition) is 0. The van der Waals surface area contributed by atoms with Gasteiger partial charge >= 0.3 is 11.9 Å². The van der Waals surface area contributed by atoms with Crippen molar-refractivity contribution >= 4 is 17.6 Å². The van der Waals surface area contributed by atoms with Gasteiger partial charge in [-0.25, -0.2) is 9.59 Å². The molecule has 3 rings (SSSR count). The second kappa shape index (κ2) is 15.0. The summed E-state index contributed by atoms with van der Waals surface area (Å²) in [5.74, 6) is -0.872. The first-order valence-electron chi connectivity index (χ1n) is 12.6. The monoisotopic (exact) mass is 543 g/mol. The van der Waals surface area contributed by atoms with E-state index in [4.69, 9.17) is 28.4 Å². The van der Waals surface area contributed by atoms with Crippen molar-refractivity contribution in [1.29, 1.82) is 0 Å². The Kier molecular flexibility index (Phi) is 11.4. The van der Waals surface area contributed by atoms with Crippen LogP contribution in [0, 0.1) is 10.1 Å². The van der Waals surface area contributed by atoms with Crippen LogP contribution in [0.3, 0.4) is 0 Å². The van der Waals surface area contributed by atoms with Gasteiger partial charge in [-0.1, -0.05) is 18.2 Å². The van der Waals surface area contributed by atoms with E-state index in [9.17, 15) is 19.7 Å². The molecule has 39 heavy (non-hydrogen) atoms. The molecule has 0 bridgehead atoms. The number of non-ortho nitro benzene ring substituents is 1. The second-order valence-electron chi connectivity index (χ2n) is 8.65. The van der Waals surface area contributed by atoms with Crippen molar-refractivity contribution in [2.24, 2.45) is 0 Å². The molecule has 1 aliphatic rings. The Morgan fingerprint density at radius 2 is 1.82 bits per heavy atom. The van der Waals surface area contributed by atoms with Gasteiger partial charge in [-0.2, -0.15) is 0 Å². The summed E-state index contributed by atoms with van der Waals surface area (Å²) in [6, 6.07) is 12.0. The fourth-order valence-electron chi connectivity index (χ4n) is 3.93. The van der Waals surface area contributed by atoms with Crippen molar-refractivity contribution in [3.8, 4) is 5.75 Å². The zero-order valence-electron chi connectivity index (χ0n) is 22.1. The van der Waals surface area contributed by atoms with E-state index < -0.39 is 29.1 Å². The average molecular weight is 544 g/mol. The zero-order valence-corrected chi connectivity index (χ0v) is 22.1. The first-order chi connectivity index (χ1) is 18.8. The lowest BCUT2D eigenvalue weighted by Crippen LogP contribution is -2.39. The first-order valence-corrected chi connectivity index (χ1v) is 12.6. The summed E-state index contributed by atoms with van der Waals surface area (Å²) >= 11 is 0. The summed E-state index contributed by atoms with van der Waals surface area (Å²) in [5.41, 5.74) is 0.656. The van der Waals surface area contributed by atoms with Gasteiger partial charge in [0.1, 0.15) is 5.75 Å². The Morgan fingerprint density at radius 1 is 1.10 bits per heavy atom. The zero-order chi connectivity index (χ0) is 28.2. The molecular formula is C28H33NO10. The van der Waals surface area contributed by atoms with Gasteiger partial charge in [0.2, 0.25) is 0 Å². The minimum atomic E-state index is -1.30. The van der Waals surface area contributed by atoms with E-state index in [-0.39, 0.29) is 30.3 Å². The van der Waals surface area contributed by atoms with Gasteiger partial charge in [0.25, 0.3) is 5.69 Å². The fourth-order valence-corrected chi connectivity index (χ4v) is 3.93. The molecule has 0 saturated carbocycles. The van der Waals surface area contributed by atoms with E-state index in [2.05, 4.69) is 0 Å². The Balaban J connectivity index is 1.83. The quantitative estimate of drug-likeness (QED) is 0.155. The maximum absolute atomic E-state index is 13.0. The topological polar surface area (TPSA) is 133 Å². The van der Waals surface area contributed by atoms with Crippen LogP contribution >= 0.6 is 0 Å². The highest BCUT2D eigenvalue weighted by atomic mass is 16.7. The summed E-state index contributed by atoms with van der Waals surface area (Å²) in [7, 11) is 2.77. The largest absolute Gasteiger partial charge is 0.497 e. The number of carbonyl (C=O) groups is 2. The molecule has 2 aromatic carbocycles. The Bertz CT molecular complexity index is 1110. The molecule has 1 fully saturated rings. The van der Waals surface area contributed by atoms with Crippen LogP contribution in [-0.2, 0) is 35.1 Å². The molecule has 0 N–H and O–H groups in total. The summed E-state index contributed by atoms with van der Waals surface area (Å²) in [6.45, 7) is 2.42. The Morgan fingerprint density at radius 3 is 2.44 bits per heavy atom. The van der Waals surface area contributed by atoms with E-state index in [0.717, 1.165) is 24.8 Å². The van der Waals surface area contributed by atoms with Crippen LogP contribution in [0.15, 0.2) is 60.7 Å². The summed E-state index contributed by atoms with van der Waals surface area (Å²) in [4.78, 5) is 36.2. The summed E-state index contributed by atoms with van der Waals surface area (Å²) in [5, 5.41) is 11.0. The normalized spacial score (nSPS) is 18.7. The molecule has 1 saturated heterocycles. The van der Waals surface area contributed by atoms with E-state index in [1.807, 2.05) is 6.92 Å². The molecule has 2 aromatic rings. The third-order valence-electron chi connectivity index (χ3n) is 6.00. The maximum atomic E-state index is 13.0. The minimum absolute atomic E-state index is 0.0233. The summed E-state index contributed by atoms with van der Waals surface area (Å²) in [6.07, 6.45) is 2.46. The van der Waals surface area contributed by atoms with E-state index >= 15 is 0 Å². The predicted octanol–water partition coefficient (Wildman–Crippen LogP) is 4.38. The number of rotatable bonds is 13. The lowest BCUT2D eigenvalue weighted by Gasteiger charge is -2.28. The van der Waals surface area contributed by atoms with Crippen LogP contribution in [0.4, 0.5) is 5.69 Å². The van der Waals surface area contributed by atoms with Crippen LogP contribution in [0.1, 0.15) is 42.1 Å². The molecular weight excluding hydrogens is 510 g/mol. The number of carbonyl (C=O) groups excluding carboxylic acids is 2. The number of nitrogens with zero attached hydrogens (tertiary/aromatic N) is 1. The molecule has 0 aliphatic carbocycles. The van der Waals surface area contributed by atoms with Crippen LogP contribution in [0.2, 0.25) is 0 Å². The number of methoxy groups -OCH3 is 2.